The van der Waals surface area contributed by atoms with Gasteiger partial charge in [-0.2, -0.15) is 0 Å². The smallest absolute Gasteiger partial charge is 0.191 e. The van der Waals surface area contributed by atoms with E-state index < -0.39 is 0 Å². The van der Waals surface area contributed by atoms with Crippen molar-refractivity contribution in [3.8, 4) is 0 Å². The molecule has 1 saturated heterocycles. The van der Waals surface area contributed by atoms with E-state index in [9.17, 15) is 0 Å². The van der Waals surface area contributed by atoms with Crippen LogP contribution in [0.2, 0.25) is 0 Å². The van der Waals surface area contributed by atoms with Crippen molar-refractivity contribution in [1.82, 2.24) is 15.5 Å². The van der Waals surface area contributed by atoms with Crippen LogP contribution in [0.5, 0.6) is 0 Å². The van der Waals surface area contributed by atoms with Gasteiger partial charge in [-0.05, 0) is 30.2 Å². The third-order valence-electron chi connectivity index (χ3n) is 4.70. The second kappa shape index (κ2) is 12.5. The molecule has 156 valence electrons. The molecular formula is C23H32N4OS. The zero-order chi connectivity index (χ0) is 20.2. The predicted octanol–water partition coefficient (Wildman–Crippen LogP) is 3.37. The first-order valence-corrected chi connectivity index (χ1v) is 11.4. The predicted molar refractivity (Wildman–Crippen MR) is 123 cm³/mol. The number of rotatable bonds is 9. The minimum Gasteiger partial charge on any atom is -0.379 e. The molecule has 0 bridgehead atoms. The van der Waals surface area contributed by atoms with Crippen LogP contribution in [0.3, 0.4) is 0 Å². The zero-order valence-corrected chi connectivity index (χ0v) is 18.1. The van der Waals surface area contributed by atoms with Gasteiger partial charge in [0.05, 0.1) is 19.8 Å². The van der Waals surface area contributed by atoms with Crippen molar-refractivity contribution in [2.75, 3.05) is 45.1 Å². The van der Waals surface area contributed by atoms with E-state index in [-0.39, 0.29) is 0 Å². The number of aliphatic imine (C=N–C) groups is 1. The molecule has 0 atom stereocenters. The number of nitrogens with one attached hydrogen (secondary N) is 2. The topological polar surface area (TPSA) is 48.9 Å². The minimum absolute atomic E-state index is 0.680. The summed E-state index contributed by atoms with van der Waals surface area (Å²) in [5, 5.41) is 6.75. The number of thioether (sulfide) groups is 1. The van der Waals surface area contributed by atoms with Crippen LogP contribution in [0.4, 0.5) is 0 Å². The Kier molecular flexibility index (Phi) is 9.36. The molecule has 0 amide bonds. The van der Waals surface area contributed by atoms with Gasteiger partial charge in [0.2, 0.25) is 0 Å². The summed E-state index contributed by atoms with van der Waals surface area (Å²) < 4.78 is 5.42. The summed E-state index contributed by atoms with van der Waals surface area (Å²) in [6.45, 7) is 9.23. The van der Waals surface area contributed by atoms with Gasteiger partial charge in [0.15, 0.2) is 5.96 Å². The van der Waals surface area contributed by atoms with Gasteiger partial charge in [0, 0.05) is 43.4 Å². The maximum atomic E-state index is 5.42. The molecule has 5 nitrogen and oxygen atoms in total. The molecule has 1 heterocycles. The lowest BCUT2D eigenvalue weighted by atomic mass is 10.1. The average molecular weight is 413 g/mol. The van der Waals surface area contributed by atoms with Crippen LogP contribution in [-0.4, -0.2) is 56.0 Å². The van der Waals surface area contributed by atoms with Crippen LogP contribution in [0.15, 0.2) is 64.5 Å². The fraction of sp³-hybridized carbons (Fsp3) is 0.435. The molecule has 1 aliphatic rings. The van der Waals surface area contributed by atoms with Crippen molar-refractivity contribution in [3.05, 3.63) is 65.7 Å². The molecule has 2 aromatic carbocycles. The monoisotopic (exact) mass is 412 g/mol. The standard InChI is InChI=1S/C23H32N4OS/c1-2-24-23(25-12-17-29-22-6-4-3-5-7-22)26-18-20-8-10-21(11-9-20)19-27-13-15-28-16-14-27/h3-11H,2,12-19H2,1H3,(H2,24,25,26). The summed E-state index contributed by atoms with van der Waals surface area (Å²) >= 11 is 1.85. The number of hydrogen-bond acceptors (Lipinski definition) is 4. The normalized spacial score (nSPS) is 15.3. The Balaban J connectivity index is 1.43. The van der Waals surface area contributed by atoms with Crippen molar-refractivity contribution >= 4 is 17.7 Å². The molecule has 0 aromatic heterocycles. The first kappa shape index (κ1) is 21.7. The number of hydrogen-bond donors (Lipinski definition) is 2. The van der Waals surface area contributed by atoms with Gasteiger partial charge in [-0.25, -0.2) is 4.99 Å². The molecule has 0 aliphatic carbocycles. The van der Waals surface area contributed by atoms with E-state index in [0.717, 1.165) is 57.6 Å². The maximum Gasteiger partial charge on any atom is 0.191 e. The summed E-state index contributed by atoms with van der Waals surface area (Å²) in [5.41, 5.74) is 2.58. The van der Waals surface area contributed by atoms with Gasteiger partial charge in [-0.3, -0.25) is 4.90 Å². The summed E-state index contributed by atoms with van der Waals surface area (Å²) in [6, 6.07) is 19.3. The number of ether oxygens (including phenoxy) is 1. The Morgan fingerprint density at radius 2 is 1.72 bits per heavy atom. The molecule has 2 N–H and O–H groups in total. The second-order valence-corrected chi connectivity index (χ2v) is 8.16. The quantitative estimate of drug-likeness (QED) is 0.286. The van der Waals surface area contributed by atoms with Crippen LogP contribution < -0.4 is 10.6 Å². The highest BCUT2D eigenvalue weighted by molar-refractivity contribution is 7.99. The summed E-state index contributed by atoms with van der Waals surface area (Å²) in [6.07, 6.45) is 0. The van der Waals surface area contributed by atoms with E-state index in [1.165, 1.54) is 16.0 Å². The van der Waals surface area contributed by atoms with Crippen molar-refractivity contribution in [2.24, 2.45) is 4.99 Å². The third-order valence-corrected chi connectivity index (χ3v) is 5.72. The van der Waals surface area contributed by atoms with E-state index in [0.29, 0.717) is 6.54 Å². The molecule has 6 heteroatoms. The largest absolute Gasteiger partial charge is 0.379 e. The van der Waals surface area contributed by atoms with Crippen LogP contribution in [0.25, 0.3) is 0 Å². The van der Waals surface area contributed by atoms with Crippen LogP contribution in [0.1, 0.15) is 18.1 Å². The zero-order valence-electron chi connectivity index (χ0n) is 17.3. The molecule has 2 aromatic rings. The maximum absolute atomic E-state index is 5.42. The number of nitrogens with zero attached hydrogens (tertiary/aromatic N) is 2. The Hall–Kier alpha value is -2.02. The lowest BCUT2D eigenvalue weighted by molar-refractivity contribution is 0.0342. The molecule has 3 rings (SSSR count). The summed E-state index contributed by atoms with van der Waals surface area (Å²) in [7, 11) is 0. The van der Waals surface area contributed by atoms with E-state index >= 15 is 0 Å². The lowest BCUT2D eigenvalue weighted by Gasteiger charge is -2.26. The van der Waals surface area contributed by atoms with Gasteiger partial charge in [-0.1, -0.05) is 42.5 Å². The van der Waals surface area contributed by atoms with E-state index in [1.807, 2.05) is 17.8 Å². The molecule has 1 fully saturated rings. The Labute approximate surface area is 178 Å². The van der Waals surface area contributed by atoms with Crippen LogP contribution in [0, 0.1) is 0 Å². The minimum atomic E-state index is 0.680. The van der Waals surface area contributed by atoms with E-state index in [2.05, 4.69) is 71.0 Å². The number of guanidine groups is 1. The van der Waals surface area contributed by atoms with Crippen LogP contribution >= 0.6 is 11.8 Å². The van der Waals surface area contributed by atoms with Gasteiger partial charge in [0.25, 0.3) is 0 Å². The van der Waals surface area contributed by atoms with Crippen molar-refractivity contribution < 1.29 is 4.74 Å². The van der Waals surface area contributed by atoms with E-state index in [4.69, 9.17) is 9.73 Å². The highest BCUT2D eigenvalue weighted by Gasteiger charge is 2.10. The Morgan fingerprint density at radius 3 is 2.45 bits per heavy atom. The number of benzene rings is 2. The second-order valence-electron chi connectivity index (χ2n) is 6.99. The fourth-order valence-corrected chi connectivity index (χ4v) is 3.92. The molecule has 29 heavy (non-hydrogen) atoms. The molecule has 0 saturated carbocycles. The Bertz CT molecular complexity index is 730. The molecule has 1 aliphatic heterocycles. The van der Waals surface area contributed by atoms with Gasteiger partial charge >= 0.3 is 0 Å². The number of morpholine rings is 1. The third kappa shape index (κ3) is 8.09. The van der Waals surface area contributed by atoms with Gasteiger partial charge in [0.1, 0.15) is 0 Å². The molecular weight excluding hydrogens is 380 g/mol. The highest BCUT2D eigenvalue weighted by Crippen LogP contribution is 2.15. The van der Waals surface area contributed by atoms with Crippen molar-refractivity contribution in [1.29, 1.82) is 0 Å². The molecule has 0 radical (unpaired) electrons. The highest BCUT2D eigenvalue weighted by atomic mass is 32.2. The molecule has 0 spiro atoms. The Morgan fingerprint density at radius 1 is 1.00 bits per heavy atom. The first-order chi connectivity index (χ1) is 14.3. The van der Waals surface area contributed by atoms with Gasteiger partial charge in [-0.15, -0.1) is 11.8 Å². The van der Waals surface area contributed by atoms with Crippen LogP contribution in [-0.2, 0) is 17.8 Å². The van der Waals surface area contributed by atoms with Gasteiger partial charge < -0.3 is 15.4 Å². The lowest BCUT2D eigenvalue weighted by Crippen LogP contribution is -2.38. The van der Waals surface area contributed by atoms with Crippen molar-refractivity contribution in [3.63, 3.8) is 0 Å². The SMILES string of the molecule is CCNC(=NCc1ccc(CN2CCOCC2)cc1)NCCSc1ccccc1. The fourth-order valence-electron chi connectivity index (χ4n) is 3.13. The van der Waals surface area contributed by atoms with E-state index in [1.54, 1.807) is 0 Å². The first-order valence-electron chi connectivity index (χ1n) is 10.4. The summed E-state index contributed by atoms with van der Waals surface area (Å²) in [5.74, 6) is 1.88. The average Bonchev–Trinajstić information content (AvgIpc) is 2.77. The van der Waals surface area contributed by atoms with Crippen molar-refractivity contribution in [2.45, 2.75) is 24.9 Å². The molecule has 0 unspecified atom stereocenters. The summed E-state index contributed by atoms with van der Waals surface area (Å²) in [4.78, 5) is 8.47.